The number of ketones is 1. The number of thiophene rings is 1. The van der Waals surface area contributed by atoms with E-state index >= 15 is 0 Å². The van der Waals surface area contributed by atoms with Gasteiger partial charge < -0.3 is 4.74 Å². The highest BCUT2D eigenvalue weighted by Crippen LogP contribution is 2.36. The van der Waals surface area contributed by atoms with Crippen LogP contribution in [0.2, 0.25) is 0 Å². The molecular formula is C23H16F2O2S. The molecule has 0 saturated carbocycles. The van der Waals surface area contributed by atoms with E-state index in [9.17, 15) is 13.6 Å². The fraction of sp³-hybridized carbons (Fsp3) is 0.0870. The zero-order chi connectivity index (χ0) is 19.7. The van der Waals surface area contributed by atoms with Crippen LogP contribution in [-0.4, -0.2) is 12.9 Å². The third-order valence-corrected chi connectivity index (χ3v) is 5.77. The highest BCUT2D eigenvalue weighted by atomic mass is 32.1. The van der Waals surface area contributed by atoms with E-state index in [1.807, 2.05) is 54.6 Å². The number of methoxy groups -OCH3 is 1. The van der Waals surface area contributed by atoms with Gasteiger partial charge in [0.25, 0.3) is 0 Å². The maximum atomic E-state index is 14.8. The summed E-state index contributed by atoms with van der Waals surface area (Å²) in [6.45, 7) is 0. The van der Waals surface area contributed by atoms with Crippen LogP contribution < -0.4 is 4.74 Å². The molecule has 28 heavy (non-hydrogen) atoms. The van der Waals surface area contributed by atoms with E-state index in [2.05, 4.69) is 0 Å². The summed E-state index contributed by atoms with van der Waals surface area (Å²) in [6.07, 6.45) is 0.557. The summed E-state index contributed by atoms with van der Waals surface area (Å²) in [6, 6.07) is 19.6. The van der Waals surface area contributed by atoms with Crippen LogP contribution in [0.5, 0.6) is 5.75 Å². The van der Waals surface area contributed by atoms with Crippen molar-refractivity contribution in [3.05, 3.63) is 99.9 Å². The van der Waals surface area contributed by atoms with Gasteiger partial charge in [-0.05, 0) is 23.8 Å². The first-order chi connectivity index (χ1) is 13.6. The Morgan fingerprint density at radius 3 is 2.43 bits per heavy atom. The molecule has 4 aromatic rings. The number of hydrogen-bond donors (Lipinski definition) is 0. The van der Waals surface area contributed by atoms with Crippen LogP contribution in [-0.2, 0) is 6.42 Å². The molecule has 0 fully saturated rings. The second-order valence-electron chi connectivity index (χ2n) is 6.33. The van der Waals surface area contributed by atoms with Crippen LogP contribution in [0.25, 0.3) is 10.1 Å². The molecule has 0 atom stereocenters. The Morgan fingerprint density at radius 1 is 0.964 bits per heavy atom. The fourth-order valence-corrected chi connectivity index (χ4v) is 4.52. The van der Waals surface area contributed by atoms with Gasteiger partial charge in [-0.2, -0.15) is 0 Å². The quantitative estimate of drug-likeness (QED) is 0.388. The SMILES string of the molecule is COc1c(F)ccc(C(=O)c2c(Cc3ccccc3)sc3ccccc23)c1F. The number of fused-ring (bicyclic) bond motifs is 1. The zero-order valence-corrected chi connectivity index (χ0v) is 15.9. The van der Waals surface area contributed by atoms with Crippen molar-refractivity contribution in [3.63, 3.8) is 0 Å². The number of carbonyl (C=O) groups excluding carboxylic acids is 1. The molecule has 4 rings (SSSR count). The van der Waals surface area contributed by atoms with Crippen molar-refractivity contribution in [1.29, 1.82) is 0 Å². The fourth-order valence-electron chi connectivity index (χ4n) is 3.28. The first kappa shape index (κ1) is 18.3. The third kappa shape index (κ3) is 3.18. The Kier molecular flexibility index (Phi) is 4.92. The van der Waals surface area contributed by atoms with Crippen molar-refractivity contribution in [3.8, 4) is 5.75 Å². The Bertz CT molecular complexity index is 1170. The van der Waals surface area contributed by atoms with Gasteiger partial charge in [-0.25, -0.2) is 8.78 Å². The van der Waals surface area contributed by atoms with Crippen molar-refractivity contribution in [2.75, 3.05) is 7.11 Å². The summed E-state index contributed by atoms with van der Waals surface area (Å²) in [5, 5.41) is 0.770. The molecule has 0 radical (unpaired) electrons. The van der Waals surface area contributed by atoms with E-state index in [1.165, 1.54) is 24.5 Å². The van der Waals surface area contributed by atoms with Crippen LogP contribution in [0.4, 0.5) is 8.78 Å². The predicted molar refractivity (Wildman–Crippen MR) is 107 cm³/mol. The van der Waals surface area contributed by atoms with Crippen LogP contribution in [0.3, 0.4) is 0 Å². The lowest BCUT2D eigenvalue weighted by Gasteiger charge is -2.09. The highest BCUT2D eigenvalue weighted by Gasteiger charge is 2.25. The van der Waals surface area contributed by atoms with Gasteiger partial charge in [0, 0.05) is 26.9 Å². The second-order valence-corrected chi connectivity index (χ2v) is 7.47. The molecule has 0 aliphatic heterocycles. The molecule has 2 nitrogen and oxygen atoms in total. The van der Waals surface area contributed by atoms with Gasteiger partial charge in [-0.3, -0.25) is 4.79 Å². The average molecular weight is 394 g/mol. The Labute approximate surface area is 165 Å². The molecule has 0 aliphatic carbocycles. The van der Waals surface area contributed by atoms with Gasteiger partial charge in [-0.1, -0.05) is 48.5 Å². The topological polar surface area (TPSA) is 26.3 Å². The van der Waals surface area contributed by atoms with Crippen LogP contribution in [0.1, 0.15) is 26.4 Å². The predicted octanol–water partition coefficient (Wildman–Crippen LogP) is 6.01. The summed E-state index contributed by atoms with van der Waals surface area (Å²) in [5.41, 5.74) is 1.31. The van der Waals surface area contributed by atoms with Crippen LogP contribution in [0, 0.1) is 11.6 Å². The molecule has 1 aromatic heterocycles. The number of halogens is 2. The average Bonchev–Trinajstić information content (AvgIpc) is 3.06. The van der Waals surface area contributed by atoms with E-state index in [4.69, 9.17) is 4.74 Å². The maximum absolute atomic E-state index is 14.8. The smallest absolute Gasteiger partial charge is 0.197 e. The van der Waals surface area contributed by atoms with Crippen molar-refractivity contribution < 1.29 is 18.3 Å². The lowest BCUT2D eigenvalue weighted by atomic mass is 9.97. The summed E-state index contributed by atoms with van der Waals surface area (Å²) >= 11 is 1.51. The molecule has 0 amide bonds. The number of rotatable bonds is 5. The summed E-state index contributed by atoms with van der Waals surface area (Å²) in [7, 11) is 1.18. The van der Waals surface area contributed by atoms with Crippen molar-refractivity contribution >= 4 is 27.2 Å². The van der Waals surface area contributed by atoms with Crippen molar-refractivity contribution in [2.45, 2.75) is 6.42 Å². The lowest BCUT2D eigenvalue weighted by molar-refractivity contribution is 0.103. The molecule has 0 N–H and O–H groups in total. The van der Waals surface area contributed by atoms with Gasteiger partial charge in [0.1, 0.15) is 0 Å². The molecule has 0 saturated heterocycles. The summed E-state index contributed by atoms with van der Waals surface area (Å²) < 4.78 is 34.3. The van der Waals surface area contributed by atoms with Gasteiger partial charge in [-0.15, -0.1) is 11.3 Å². The first-order valence-corrected chi connectivity index (χ1v) is 9.53. The Hall–Kier alpha value is -3.05. The van der Waals surface area contributed by atoms with E-state index in [1.54, 1.807) is 0 Å². The van der Waals surface area contributed by atoms with Crippen molar-refractivity contribution in [1.82, 2.24) is 0 Å². The van der Waals surface area contributed by atoms with Crippen LogP contribution >= 0.6 is 11.3 Å². The minimum Gasteiger partial charge on any atom is -0.491 e. The molecule has 1 heterocycles. The Balaban J connectivity index is 1.88. The molecule has 140 valence electrons. The number of hydrogen-bond acceptors (Lipinski definition) is 3. The normalized spacial score (nSPS) is 11.0. The van der Waals surface area contributed by atoms with Crippen molar-refractivity contribution in [2.24, 2.45) is 0 Å². The standard InChI is InChI=1S/C23H16F2O2S/c1-27-23-17(24)12-11-16(21(23)25)22(26)20-15-9-5-6-10-18(15)28-19(20)13-14-7-3-2-4-8-14/h2-12H,13H2,1H3. The second kappa shape index (κ2) is 7.52. The number of benzene rings is 3. The van der Waals surface area contributed by atoms with Gasteiger partial charge in [0.15, 0.2) is 23.2 Å². The van der Waals surface area contributed by atoms with Gasteiger partial charge >= 0.3 is 0 Å². The number of ether oxygens (including phenoxy) is 1. The maximum Gasteiger partial charge on any atom is 0.197 e. The van der Waals surface area contributed by atoms with Gasteiger partial charge in [0.2, 0.25) is 0 Å². The van der Waals surface area contributed by atoms with Gasteiger partial charge in [0.05, 0.1) is 12.7 Å². The van der Waals surface area contributed by atoms with E-state index in [0.29, 0.717) is 12.0 Å². The molecule has 0 bridgehead atoms. The zero-order valence-electron chi connectivity index (χ0n) is 15.0. The summed E-state index contributed by atoms with van der Waals surface area (Å²) in [4.78, 5) is 14.2. The molecule has 3 aromatic carbocycles. The summed E-state index contributed by atoms with van der Waals surface area (Å²) in [5.74, 6) is -2.83. The lowest BCUT2D eigenvalue weighted by Crippen LogP contribution is -2.08. The minimum absolute atomic E-state index is 0.198. The molecule has 0 unspecified atom stereocenters. The molecule has 0 aliphatic rings. The third-order valence-electron chi connectivity index (χ3n) is 4.60. The Morgan fingerprint density at radius 2 is 1.68 bits per heavy atom. The monoisotopic (exact) mass is 394 g/mol. The molecule has 0 spiro atoms. The first-order valence-electron chi connectivity index (χ1n) is 8.71. The van der Waals surface area contributed by atoms with E-state index in [-0.39, 0.29) is 5.56 Å². The largest absolute Gasteiger partial charge is 0.491 e. The number of carbonyl (C=O) groups is 1. The highest BCUT2D eigenvalue weighted by molar-refractivity contribution is 7.19. The minimum atomic E-state index is -0.978. The molecule has 5 heteroatoms. The van der Waals surface area contributed by atoms with Crippen LogP contribution in [0.15, 0.2) is 66.7 Å². The molecular weight excluding hydrogens is 378 g/mol. The van der Waals surface area contributed by atoms with E-state index < -0.39 is 23.2 Å². The van der Waals surface area contributed by atoms with E-state index in [0.717, 1.165) is 26.6 Å².